The topological polar surface area (TPSA) is 228 Å². The minimum absolute atomic E-state index is 0.184. The molecule has 0 aromatic heterocycles. The van der Waals surface area contributed by atoms with Crippen LogP contribution in [0.2, 0.25) is 0 Å². The number of ether oxygens (including phenoxy) is 4. The number of rotatable bonds is 7. The maximum absolute atomic E-state index is 12.1. The van der Waals surface area contributed by atoms with Crippen LogP contribution in [0.25, 0.3) is 0 Å². The number of hydrogen-bond donors (Lipinski definition) is 9. The molecule has 0 bridgehead atoms. The Morgan fingerprint density at radius 2 is 1.44 bits per heavy atom. The average Bonchev–Trinajstić information content (AvgIpc) is 2.85. The maximum atomic E-state index is 12.1. The van der Waals surface area contributed by atoms with Gasteiger partial charge < -0.3 is 65.1 Å². The van der Waals surface area contributed by atoms with Gasteiger partial charge in [-0.25, -0.2) is 0 Å². The van der Waals surface area contributed by atoms with E-state index < -0.39 is 110 Å². The lowest BCUT2D eigenvalue weighted by Gasteiger charge is -2.53. The van der Waals surface area contributed by atoms with Gasteiger partial charge in [-0.2, -0.15) is 0 Å². The van der Waals surface area contributed by atoms with Crippen LogP contribution in [0.3, 0.4) is 0 Å². The zero-order chi connectivity index (χ0) is 26.9. The maximum Gasteiger partial charge on any atom is 0.217 e. The number of nitrogens with one attached hydrogen (secondary N) is 1. The van der Waals surface area contributed by atoms with Crippen LogP contribution in [0.4, 0.5) is 0 Å². The molecule has 3 aliphatic rings. The van der Waals surface area contributed by atoms with Crippen molar-refractivity contribution in [3.63, 3.8) is 0 Å². The van der Waals surface area contributed by atoms with E-state index in [-0.39, 0.29) is 6.42 Å². The molecule has 0 aromatic carbocycles. The highest BCUT2D eigenvalue weighted by atomic mass is 16.7. The predicted molar refractivity (Wildman–Crippen MR) is 118 cm³/mol. The largest absolute Gasteiger partial charge is 0.394 e. The summed E-state index contributed by atoms with van der Waals surface area (Å²) < 4.78 is 22.7. The average molecular weight is 526 g/mol. The van der Waals surface area contributed by atoms with Crippen molar-refractivity contribution in [3.05, 3.63) is 0 Å². The standard InChI is InChI=1S/C22H39NO13/c1-7-4-9(15(28)17(30)14(7)27)12-13(23-8(2)26)21(33-3)35-11(6-25)20(12)36-22-19(32)18(31)16(29)10(5-24)34-22/h7,9-22,24-25,27-32H,4-6H2,1-3H3,(H,23,26)/t7?,9-,10?,11?,12?,13?,14?,15?,16?,17?,18?,19?,20?,21?,22?/m1/s1. The number of amides is 1. The molecule has 0 spiro atoms. The van der Waals surface area contributed by atoms with Gasteiger partial charge in [-0.1, -0.05) is 6.92 Å². The second-order valence-electron chi connectivity index (χ2n) is 9.91. The van der Waals surface area contributed by atoms with Crippen LogP contribution >= 0.6 is 0 Å². The Morgan fingerprint density at radius 3 is 2.00 bits per heavy atom. The molecule has 14 heteroatoms. The molecule has 3 fully saturated rings. The number of aliphatic hydroxyl groups excluding tert-OH is 8. The van der Waals surface area contributed by atoms with E-state index in [2.05, 4.69) is 5.32 Å². The van der Waals surface area contributed by atoms with Gasteiger partial charge in [-0.05, 0) is 18.3 Å². The summed E-state index contributed by atoms with van der Waals surface area (Å²) in [4.78, 5) is 12.1. The minimum Gasteiger partial charge on any atom is -0.394 e. The smallest absolute Gasteiger partial charge is 0.217 e. The highest BCUT2D eigenvalue weighted by Crippen LogP contribution is 2.43. The van der Waals surface area contributed by atoms with Crippen molar-refractivity contribution in [1.29, 1.82) is 0 Å². The molecular formula is C22H39NO13. The van der Waals surface area contributed by atoms with Crippen molar-refractivity contribution >= 4 is 5.91 Å². The van der Waals surface area contributed by atoms with Crippen LogP contribution < -0.4 is 5.32 Å². The van der Waals surface area contributed by atoms with Crippen LogP contribution in [0.5, 0.6) is 0 Å². The van der Waals surface area contributed by atoms with Gasteiger partial charge in [0.1, 0.15) is 36.6 Å². The molecule has 36 heavy (non-hydrogen) atoms. The van der Waals surface area contributed by atoms with E-state index in [1.165, 1.54) is 14.0 Å². The predicted octanol–water partition coefficient (Wildman–Crippen LogP) is -4.61. The second-order valence-corrected chi connectivity index (χ2v) is 9.91. The first-order valence-corrected chi connectivity index (χ1v) is 12.0. The molecule has 3 rings (SSSR count). The normalized spacial score (nSPS) is 50.0. The Hall–Kier alpha value is -1.01. The first-order chi connectivity index (χ1) is 17.0. The van der Waals surface area contributed by atoms with E-state index in [1.807, 2.05) is 0 Å². The monoisotopic (exact) mass is 525 g/mol. The summed E-state index contributed by atoms with van der Waals surface area (Å²) in [6.45, 7) is 1.63. The second kappa shape index (κ2) is 12.2. The Balaban J connectivity index is 2.02. The Kier molecular flexibility index (Phi) is 10.0. The summed E-state index contributed by atoms with van der Waals surface area (Å²) in [5.41, 5.74) is 0. The summed E-state index contributed by atoms with van der Waals surface area (Å²) in [6.07, 6.45) is -15.4. The molecule has 2 heterocycles. The molecule has 1 saturated carbocycles. The third-order valence-electron chi connectivity index (χ3n) is 7.54. The molecule has 9 N–H and O–H groups in total. The lowest BCUT2D eigenvalue weighted by molar-refractivity contribution is -0.348. The SMILES string of the molecule is COC1OC(CO)C(OC2OC(CO)C(O)C(O)C2O)C([C@H]2CC(C)C(O)C(O)C2O)C1NC(C)=O. The van der Waals surface area contributed by atoms with Crippen LogP contribution in [0.15, 0.2) is 0 Å². The van der Waals surface area contributed by atoms with E-state index in [9.17, 15) is 45.6 Å². The van der Waals surface area contributed by atoms with Gasteiger partial charge in [0.05, 0.1) is 37.6 Å². The molecule has 14 nitrogen and oxygen atoms in total. The van der Waals surface area contributed by atoms with Gasteiger partial charge in [0.2, 0.25) is 5.91 Å². The van der Waals surface area contributed by atoms with Crippen molar-refractivity contribution in [2.45, 2.75) is 93.8 Å². The number of hydrogen-bond acceptors (Lipinski definition) is 13. The summed E-state index contributed by atoms with van der Waals surface area (Å²) in [7, 11) is 1.32. The fourth-order valence-corrected chi connectivity index (χ4v) is 5.62. The zero-order valence-corrected chi connectivity index (χ0v) is 20.4. The van der Waals surface area contributed by atoms with Crippen LogP contribution in [-0.4, -0.2) is 141 Å². The molecule has 15 atom stereocenters. The van der Waals surface area contributed by atoms with Gasteiger partial charge in [-0.3, -0.25) is 4.79 Å². The molecule has 0 radical (unpaired) electrons. The number of aliphatic hydroxyl groups is 8. The van der Waals surface area contributed by atoms with Gasteiger partial charge >= 0.3 is 0 Å². The first kappa shape index (κ1) is 29.5. The van der Waals surface area contributed by atoms with Gasteiger partial charge in [0.15, 0.2) is 12.6 Å². The number of methoxy groups -OCH3 is 1. The van der Waals surface area contributed by atoms with Crippen LogP contribution in [-0.2, 0) is 23.7 Å². The third-order valence-corrected chi connectivity index (χ3v) is 7.54. The van der Waals surface area contributed by atoms with E-state index >= 15 is 0 Å². The molecule has 1 amide bonds. The van der Waals surface area contributed by atoms with Crippen molar-refractivity contribution < 1.29 is 64.6 Å². The molecule has 14 unspecified atom stereocenters. The summed E-state index contributed by atoms with van der Waals surface area (Å²) in [6, 6.07) is -0.973. The quantitative estimate of drug-likeness (QED) is 0.153. The van der Waals surface area contributed by atoms with Crippen molar-refractivity contribution in [1.82, 2.24) is 5.32 Å². The lowest BCUT2D eigenvalue weighted by atomic mass is 9.66. The molecule has 2 aliphatic heterocycles. The number of carbonyl (C=O) groups is 1. The fraction of sp³-hybridized carbons (Fsp3) is 0.955. The van der Waals surface area contributed by atoms with Crippen LogP contribution in [0.1, 0.15) is 20.3 Å². The molecule has 2 saturated heterocycles. The molecular weight excluding hydrogens is 486 g/mol. The van der Waals surface area contributed by atoms with Gasteiger partial charge in [-0.15, -0.1) is 0 Å². The third kappa shape index (κ3) is 5.70. The van der Waals surface area contributed by atoms with E-state index in [4.69, 9.17) is 18.9 Å². The van der Waals surface area contributed by atoms with Gasteiger partial charge in [0.25, 0.3) is 0 Å². The van der Waals surface area contributed by atoms with E-state index in [0.29, 0.717) is 0 Å². The molecule has 1 aliphatic carbocycles. The van der Waals surface area contributed by atoms with E-state index in [1.54, 1.807) is 6.92 Å². The minimum atomic E-state index is -1.76. The molecule has 0 aromatic rings. The fourth-order valence-electron chi connectivity index (χ4n) is 5.62. The van der Waals surface area contributed by atoms with Crippen molar-refractivity contribution in [3.8, 4) is 0 Å². The Morgan fingerprint density at radius 1 is 0.861 bits per heavy atom. The summed E-state index contributed by atoms with van der Waals surface area (Å²) >= 11 is 0. The lowest BCUT2D eigenvalue weighted by Crippen LogP contribution is -2.68. The van der Waals surface area contributed by atoms with Crippen LogP contribution in [0, 0.1) is 17.8 Å². The van der Waals surface area contributed by atoms with E-state index in [0.717, 1.165) is 0 Å². The highest BCUT2D eigenvalue weighted by Gasteiger charge is 2.56. The van der Waals surface area contributed by atoms with Gasteiger partial charge in [0, 0.05) is 20.0 Å². The summed E-state index contributed by atoms with van der Waals surface area (Å²) in [5, 5.41) is 85.0. The Labute approximate surface area is 208 Å². The van der Waals surface area contributed by atoms with Crippen molar-refractivity contribution in [2.75, 3.05) is 20.3 Å². The summed E-state index contributed by atoms with van der Waals surface area (Å²) in [5.74, 6) is -2.67. The zero-order valence-electron chi connectivity index (χ0n) is 20.4. The molecule has 210 valence electrons. The number of carbonyl (C=O) groups excluding carboxylic acids is 1. The Bertz CT molecular complexity index is 728. The first-order valence-electron chi connectivity index (χ1n) is 12.0. The van der Waals surface area contributed by atoms with Crippen molar-refractivity contribution in [2.24, 2.45) is 17.8 Å². The highest BCUT2D eigenvalue weighted by molar-refractivity contribution is 5.73.